The summed E-state index contributed by atoms with van der Waals surface area (Å²) in [6.07, 6.45) is 1.19. The van der Waals surface area contributed by atoms with Crippen molar-refractivity contribution < 1.29 is 26.2 Å². The summed E-state index contributed by atoms with van der Waals surface area (Å²) in [4.78, 5) is 0. The quantitative estimate of drug-likeness (QED) is 0.453. The van der Waals surface area contributed by atoms with Crippen LogP contribution in [0.4, 0.5) is 0 Å². The minimum absolute atomic E-state index is 0. The third-order valence-electron chi connectivity index (χ3n) is 0.697. The molecule has 0 aliphatic heterocycles. The fraction of sp³-hybridized carbons (Fsp3) is 0.571. The monoisotopic (exact) mass is 202 g/mol. The molecule has 0 bridgehead atoms. The molecule has 0 nitrogen and oxygen atoms in total. The van der Waals surface area contributed by atoms with Gasteiger partial charge in [-0.05, 0) is 0 Å². The van der Waals surface area contributed by atoms with Crippen molar-refractivity contribution in [2.45, 2.75) is 20.3 Å². The average molecular weight is 203 g/mol. The van der Waals surface area contributed by atoms with E-state index < -0.39 is 0 Å². The molecule has 0 saturated heterocycles. The summed E-state index contributed by atoms with van der Waals surface area (Å²) in [5.41, 5.74) is 0. The van der Waals surface area contributed by atoms with Crippen LogP contribution in [0.25, 0.3) is 0 Å². The van der Waals surface area contributed by atoms with Crippen LogP contribution in [0.2, 0.25) is 0 Å². The van der Waals surface area contributed by atoms with Gasteiger partial charge < -0.3 is 21.8 Å². The Morgan fingerprint density at radius 1 is 1.33 bits per heavy atom. The van der Waals surface area contributed by atoms with Gasteiger partial charge >= 0.3 is 26.2 Å². The van der Waals surface area contributed by atoms with Gasteiger partial charge in [-0.15, -0.1) is 0 Å². The predicted octanol–water partition coefficient (Wildman–Crippen LogP) is 2.38. The number of hydrogen-bond donors (Lipinski definition) is 0. The Balaban J connectivity index is -0.0000000133. The van der Waals surface area contributed by atoms with E-state index in [-0.39, 0.29) is 49.5 Å². The molecule has 52 valence electrons. The molecular formula is C7H17BZr. The summed E-state index contributed by atoms with van der Waals surface area (Å²) in [7, 11) is 0. The van der Waals surface area contributed by atoms with Gasteiger partial charge in [-0.3, -0.25) is 0 Å². The first-order valence-corrected chi connectivity index (χ1v) is 2.10. The normalized spacial score (nSPS) is 8.33. The average Bonchev–Trinajstić information content (AvgIpc) is 1.38. The second-order valence-electron chi connectivity index (χ2n) is 1.51. The van der Waals surface area contributed by atoms with E-state index in [1.165, 1.54) is 6.42 Å². The van der Waals surface area contributed by atoms with E-state index in [0.717, 1.165) is 0 Å². The molecule has 1 unspecified atom stereocenters. The maximum Gasteiger partial charge on any atom is 3.00 e. The van der Waals surface area contributed by atoms with E-state index in [1.807, 2.05) is 0 Å². The number of rotatable bonds is 1. The maximum absolute atomic E-state index is 3.76. The zero-order valence-electron chi connectivity index (χ0n) is 7.07. The molecule has 0 aromatic carbocycles. The van der Waals surface area contributed by atoms with Crippen LogP contribution in [0.3, 0.4) is 0 Å². The Kier molecular flexibility index (Phi) is 83.5. The molecule has 0 amide bonds. The molecule has 0 aliphatic rings. The van der Waals surface area contributed by atoms with Crippen LogP contribution in [0, 0.1) is 27.7 Å². The first-order valence-electron chi connectivity index (χ1n) is 2.10. The van der Waals surface area contributed by atoms with Gasteiger partial charge in [-0.1, -0.05) is 20.3 Å². The van der Waals surface area contributed by atoms with Crippen LogP contribution < -0.4 is 0 Å². The van der Waals surface area contributed by atoms with E-state index in [1.54, 1.807) is 0 Å². The third kappa shape index (κ3) is 49.7. The Bertz CT molecular complexity index is 22.9. The molecule has 0 N–H and O–H groups in total. The molecule has 1 atom stereocenters. The van der Waals surface area contributed by atoms with Crippen molar-refractivity contribution in [3.63, 3.8) is 0 Å². The molecule has 0 aromatic heterocycles. The van der Waals surface area contributed by atoms with Gasteiger partial charge in [0.15, 0.2) is 0 Å². The van der Waals surface area contributed by atoms with Crippen LogP contribution in [0.5, 0.6) is 0 Å². The molecule has 0 rings (SSSR count). The summed E-state index contributed by atoms with van der Waals surface area (Å²) < 4.78 is 0. The van der Waals surface area contributed by atoms with E-state index in [2.05, 4.69) is 20.8 Å². The first-order chi connectivity index (χ1) is 2.27. The zero-order chi connectivity index (χ0) is 4.28. The van der Waals surface area contributed by atoms with Crippen molar-refractivity contribution in [2.24, 2.45) is 5.92 Å². The minimum atomic E-state index is 0. The molecule has 0 saturated carbocycles. The van der Waals surface area contributed by atoms with Crippen LogP contribution in [0.15, 0.2) is 0 Å². The summed E-state index contributed by atoms with van der Waals surface area (Å²) in [5, 5.41) is 0. The molecule has 0 fully saturated rings. The molecule has 0 aromatic rings. The van der Waals surface area contributed by atoms with E-state index in [0.29, 0.717) is 5.92 Å². The van der Waals surface area contributed by atoms with Crippen molar-refractivity contribution in [2.75, 3.05) is 0 Å². The second-order valence-corrected chi connectivity index (χ2v) is 1.51. The maximum atomic E-state index is 3.76. The summed E-state index contributed by atoms with van der Waals surface area (Å²) in [6, 6.07) is 0. The summed E-state index contributed by atoms with van der Waals surface area (Å²) >= 11 is 0. The van der Waals surface area contributed by atoms with Crippen molar-refractivity contribution in [3.05, 3.63) is 21.8 Å². The standard InChI is InChI=1S/C5H11.2CH3.B.Zr/c1-4-5(2)3;;;;/h5H,2,4H2,1,3H3;2*1H3;;/q3*-1;;+3. The van der Waals surface area contributed by atoms with Crippen molar-refractivity contribution in [1.82, 2.24) is 0 Å². The molecule has 4 radical (unpaired) electrons. The Hall–Kier alpha value is 0.948. The molecule has 0 aliphatic carbocycles. The SMILES string of the molecule is [B].[CH2-]C(C)CC.[CH3-].[CH3-].[Zr+3]. The van der Waals surface area contributed by atoms with Crippen LogP contribution >= 0.6 is 0 Å². The topological polar surface area (TPSA) is 0 Å². The second kappa shape index (κ2) is 23.1. The fourth-order valence-electron chi connectivity index (χ4n) is 0. The zero-order valence-corrected chi connectivity index (χ0v) is 9.53. The smallest absolute Gasteiger partial charge is 0.358 e. The summed E-state index contributed by atoms with van der Waals surface area (Å²) in [5.74, 6) is 0.634. The van der Waals surface area contributed by atoms with E-state index >= 15 is 0 Å². The minimum Gasteiger partial charge on any atom is -0.358 e. The third-order valence-corrected chi connectivity index (χ3v) is 0.697. The van der Waals surface area contributed by atoms with Crippen LogP contribution in [-0.2, 0) is 26.2 Å². The molecule has 9 heavy (non-hydrogen) atoms. The molecule has 0 spiro atoms. The Labute approximate surface area is 82.5 Å². The fourth-order valence-corrected chi connectivity index (χ4v) is 0. The molecule has 0 heterocycles. The van der Waals surface area contributed by atoms with Gasteiger partial charge in [0.05, 0.1) is 0 Å². The van der Waals surface area contributed by atoms with Gasteiger partial charge in [0.25, 0.3) is 0 Å². The molecular weight excluding hydrogens is 186 g/mol. The first kappa shape index (κ1) is 32.5. The van der Waals surface area contributed by atoms with Crippen LogP contribution in [-0.4, -0.2) is 8.41 Å². The van der Waals surface area contributed by atoms with Gasteiger partial charge in [0, 0.05) is 8.41 Å². The van der Waals surface area contributed by atoms with Gasteiger partial charge in [0.1, 0.15) is 0 Å². The van der Waals surface area contributed by atoms with Crippen LogP contribution in [0.1, 0.15) is 20.3 Å². The van der Waals surface area contributed by atoms with Gasteiger partial charge in [-0.2, -0.15) is 5.92 Å². The Morgan fingerprint density at radius 3 is 1.44 bits per heavy atom. The van der Waals surface area contributed by atoms with E-state index in [9.17, 15) is 0 Å². The summed E-state index contributed by atoms with van der Waals surface area (Å²) in [6.45, 7) is 8.00. The Morgan fingerprint density at radius 2 is 1.44 bits per heavy atom. The van der Waals surface area contributed by atoms with Gasteiger partial charge in [0.2, 0.25) is 0 Å². The number of hydrogen-bond acceptors (Lipinski definition) is 0. The van der Waals surface area contributed by atoms with Gasteiger partial charge in [-0.25, -0.2) is 0 Å². The van der Waals surface area contributed by atoms with Crippen molar-refractivity contribution >= 4 is 8.41 Å². The molecule has 2 heteroatoms. The van der Waals surface area contributed by atoms with E-state index in [4.69, 9.17) is 0 Å². The van der Waals surface area contributed by atoms with Crippen molar-refractivity contribution in [1.29, 1.82) is 0 Å². The predicted molar refractivity (Wildman–Crippen MR) is 43.4 cm³/mol. The largest absolute Gasteiger partial charge is 3.00 e. The van der Waals surface area contributed by atoms with Crippen molar-refractivity contribution in [3.8, 4) is 0 Å².